The molecule has 1 aromatic carbocycles. The fourth-order valence-electron chi connectivity index (χ4n) is 3.33. The lowest BCUT2D eigenvalue weighted by molar-refractivity contribution is -0.382. The zero-order valence-electron chi connectivity index (χ0n) is 11.7. The van der Waals surface area contributed by atoms with Crippen LogP contribution < -0.4 is 5.32 Å². The Labute approximate surface area is 122 Å². The van der Waals surface area contributed by atoms with Crippen LogP contribution in [-0.2, 0) is 0 Å². The van der Waals surface area contributed by atoms with E-state index in [1.54, 1.807) is 24.4 Å². The van der Waals surface area contributed by atoms with Gasteiger partial charge in [-0.15, -0.1) is 0 Å². The fraction of sp³-hybridized carbons (Fsp3) is 0.438. The average molecular weight is 283 g/mol. The highest BCUT2D eigenvalue weighted by atomic mass is 16.6. The smallest absolute Gasteiger partial charge is 0.301 e. The zero-order chi connectivity index (χ0) is 14.4. The van der Waals surface area contributed by atoms with E-state index in [2.05, 4.69) is 10.3 Å². The summed E-state index contributed by atoms with van der Waals surface area (Å²) in [7, 11) is 0. The van der Waals surface area contributed by atoms with Gasteiger partial charge >= 0.3 is 5.69 Å². The molecule has 0 aliphatic heterocycles. The lowest BCUT2D eigenvalue weighted by Crippen LogP contribution is -2.18. The van der Waals surface area contributed by atoms with Gasteiger partial charge in [0, 0.05) is 12.7 Å². The Bertz CT molecular complexity index is 721. The highest BCUT2D eigenvalue weighted by Gasteiger charge is 2.53. The van der Waals surface area contributed by atoms with Crippen LogP contribution >= 0.6 is 0 Å². The van der Waals surface area contributed by atoms with Crippen molar-refractivity contribution >= 4 is 22.3 Å². The molecule has 5 nitrogen and oxygen atoms in total. The lowest BCUT2D eigenvalue weighted by atomic mass is 10.0. The second-order valence-corrected chi connectivity index (χ2v) is 6.28. The van der Waals surface area contributed by atoms with Crippen molar-refractivity contribution in [1.82, 2.24) is 4.98 Å². The number of nitro benzene ring substituents is 1. The Hall–Kier alpha value is -2.17. The summed E-state index contributed by atoms with van der Waals surface area (Å²) in [5, 5.41) is 15.4. The van der Waals surface area contributed by atoms with E-state index in [-0.39, 0.29) is 10.6 Å². The summed E-state index contributed by atoms with van der Waals surface area (Å²) < 4.78 is 0. The molecule has 2 saturated carbocycles. The van der Waals surface area contributed by atoms with Crippen LogP contribution in [-0.4, -0.2) is 16.5 Å². The molecule has 21 heavy (non-hydrogen) atoms. The van der Waals surface area contributed by atoms with Crippen LogP contribution in [0.1, 0.15) is 25.7 Å². The Balaban J connectivity index is 1.67. The molecule has 0 amide bonds. The number of nitrogens with zero attached hydrogens (tertiary/aromatic N) is 2. The van der Waals surface area contributed by atoms with Gasteiger partial charge in [0.1, 0.15) is 5.69 Å². The molecule has 2 aliphatic rings. The fourth-order valence-corrected chi connectivity index (χ4v) is 3.33. The van der Waals surface area contributed by atoms with Gasteiger partial charge in [-0.25, -0.2) is 0 Å². The average Bonchev–Trinajstić information content (AvgIpc) is 3.37. The molecule has 2 aromatic rings. The zero-order valence-corrected chi connectivity index (χ0v) is 11.7. The van der Waals surface area contributed by atoms with Crippen LogP contribution in [0.15, 0.2) is 30.5 Å². The number of nitrogens with one attached hydrogen (secondary N) is 1. The van der Waals surface area contributed by atoms with E-state index < -0.39 is 0 Å². The summed E-state index contributed by atoms with van der Waals surface area (Å²) in [5.74, 6) is 0.839. The number of anilines is 1. The number of fused-ring (bicyclic) bond motifs is 1. The third-order valence-corrected chi connectivity index (χ3v) is 4.91. The lowest BCUT2D eigenvalue weighted by Gasteiger charge is -2.16. The molecule has 0 radical (unpaired) electrons. The summed E-state index contributed by atoms with van der Waals surface area (Å²) in [6.07, 6.45) is 6.82. The minimum absolute atomic E-state index is 0.146. The number of hydrogen-bond donors (Lipinski definition) is 1. The number of rotatable bonds is 5. The van der Waals surface area contributed by atoms with Crippen molar-refractivity contribution in [2.45, 2.75) is 25.7 Å². The van der Waals surface area contributed by atoms with E-state index in [1.165, 1.54) is 25.7 Å². The SMILES string of the molecule is O=[N+]([O-])c1c(NCC2(C3CC3)CC2)ccc2ncccc12. The minimum Gasteiger partial charge on any atom is -0.379 e. The van der Waals surface area contributed by atoms with Gasteiger partial charge in [0.25, 0.3) is 0 Å². The highest BCUT2D eigenvalue weighted by molar-refractivity contribution is 5.94. The van der Waals surface area contributed by atoms with Crippen LogP contribution in [0, 0.1) is 21.4 Å². The van der Waals surface area contributed by atoms with Gasteiger partial charge in [-0.3, -0.25) is 15.1 Å². The molecular weight excluding hydrogens is 266 g/mol. The van der Waals surface area contributed by atoms with E-state index in [1.807, 2.05) is 6.07 Å². The van der Waals surface area contributed by atoms with Crippen LogP contribution in [0.5, 0.6) is 0 Å². The quantitative estimate of drug-likeness (QED) is 0.670. The van der Waals surface area contributed by atoms with Gasteiger partial charge in [-0.1, -0.05) is 0 Å². The first-order valence-electron chi connectivity index (χ1n) is 7.46. The van der Waals surface area contributed by atoms with Gasteiger partial charge in [-0.2, -0.15) is 0 Å². The van der Waals surface area contributed by atoms with Gasteiger partial charge in [0.2, 0.25) is 0 Å². The maximum atomic E-state index is 11.5. The van der Waals surface area contributed by atoms with Gasteiger partial charge in [-0.05, 0) is 61.3 Å². The summed E-state index contributed by atoms with van der Waals surface area (Å²) in [4.78, 5) is 15.3. The van der Waals surface area contributed by atoms with Crippen molar-refractivity contribution in [3.63, 3.8) is 0 Å². The Morgan fingerprint density at radius 3 is 2.81 bits per heavy atom. The highest BCUT2D eigenvalue weighted by Crippen LogP contribution is 2.61. The second kappa shape index (κ2) is 4.41. The third kappa shape index (κ3) is 2.13. The first kappa shape index (κ1) is 12.6. The van der Waals surface area contributed by atoms with Crippen LogP contribution in [0.2, 0.25) is 0 Å². The molecule has 108 valence electrons. The molecule has 4 rings (SSSR count). The normalized spacial score (nSPS) is 19.4. The third-order valence-electron chi connectivity index (χ3n) is 4.91. The number of aromatic nitrogens is 1. The van der Waals surface area contributed by atoms with E-state index in [0.717, 1.165) is 12.5 Å². The molecule has 0 spiro atoms. The van der Waals surface area contributed by atoms with E-state index in [4.69, 9.17) is 0 Å². The van der Waals surface area contributed by atoms with Crippen LogP contribution in [0.4, 0.5) is 11.4 Å². The molecular formula is C16H17N3O2. The molecule has 2 aliphatic carbocycles. The Morgan fingerprint density at radius 1 is 1.33 bits per heavy atom. The van der Waals surface area contributed by atoms with Crippen molar-refractivity contribution in [2.75, 3.05) is 11.9 Å². The summed E-state index contributed by atoms with van der Waals surface area (Å²) >= 11 is 0. The Morgan fingerprint density at radius 2 is 2.14 bits per heavy atom. The Kier molecular flexibility index (Phi) is 2.64. The van der Waals surface area contributed by atoms with E-state index in [9.17, 15) is 10.1 Å². The van der Waals surface area contributed by atoms with Crippen LogP contribution in [0.3, 0.4) is 0 Å². The topological polar surface area (TPSA) is 68.1 Å². The molecule has 1 aromatic heterocycles. The summed E-state index contributed by atoms with van der Waals surface area (Å²) in [6, 6.07) is 7.14. The predicted molar refractivity (Wildman–Crippen MR) is 81.3 cm³/mol. The molecule has 0 bridgehead atoms. The molecule has 0 atom stereocenters. The largest absolute Gasteiger partial charge is 0.379 e. The van der Waals surface area contributed by atoms with Gasteiger partial charge in [0.05, 0.1) is 15.8 Å². The van der Waals surface area contributed by atoms with E-state index in [0.29, 0.717) is 22.0 Å². The molecule has 0 unspecified atom stereocenters. The van der Waals surface area contributed by atoms with Crippen molar-refractivity contribution in [3.8, 4) is 0 Å². The summed E-state index contributed by atoms with van der Waals surface area (Å²) in [5.41, 5.74) is 1.84. The molecule has 5 heteroatoms. The number of pyridine rings is 1. The molecule has 1 N–H and O–H groups in total. The minimum atomic E-state index is -0.303. The van der Waals surface area contributed by atoms with Crippen molar-refractivity contribution in [2.24, 2.45) is 11.3 Å². The number of nitro groups is 1. The first-order valence-corrected chi connectivity index (χ1v) is 7.46. The summed E-state index contributed by atoms with van der Waals surface area (Å²) in [6.45, 7) is 0.851. The van der Waals surface area contributed by atoms with Gasteiger partial charge in [0.15, 0.2) is 0 Å². The molecule has 2 fully saturated rings. The predicted octanol–water partition coefficient (Wildman–Crippen LogP) is 3.75. The molecule has 0 saturated heterocycles. The maximum Gasteiger partial charge on any atom is 0.301 e. The standard InChI is InChI=1S/C16H17N3O2/c20-19(21)15-12-2-1-9-17-13(12)5-6-14(15)18-10-16(7-8-16)11-3-4-11/h1-2,5-6,9,11,18H,3-4,7-8,10H2. The maximum absolute atomic E-state index is 11.5. The van der Waals surface area contributed by atoms with Gasteiger partial charge < -0.3 is 5.32 Å². The van der Waals surface area contributed by atoms with Crippen LogP contribution in [0.25, 0.3) is 10.9 Å². The van der Waals surface area contributed by atoms with Crippen molar-refractivity contribution < 1.29 is 4.92 Å². The van der Waals surface area contributed by atoms with Crippen molar-refractivity contribution in [1.29, 1.82) is 0 Å². The monoisotopic (exact) mass is 283 g/mol. The number of hydrogen-bond acceptors (Lipinski definition) is 4. The van der Waals surface area contributed by atoms with E-state index >= 15 is 0 Å². The molecule has 1 heterocycles. The first-order chi connectivity index (χ1) is 10.2. The van der Waals surface area contributed by atoms with Crippen molar-refractivity contribution in [3.05, 3.63) is 40.6 Å². The second-order valence-electron chi connectivity index (χ2n) is 6.28. The number of benzene rings is 1.